The molecule has 0 heterocycles. The third-order valence-corrected chi connectivity index (χ3v) is 1.56. The highest BCUT2D eigenvalue weighted by Gasteiger charge is 2.34. The number of carbonyl (C=O) groups excluding carboxylic acids is 2. The molecule has 6 nitrogen and oxygen atoms in total. The van der Waals surface area contributed by atoms with Crippen molar-refractivity contribution in [2.24, 2.45) is 11.7 Å². The molecule has 13 heavy (non-hydrogen) atoms. The minimum absolute atomic E-state index is 0.330. The van der Waals surface area contributed by atoms with Crippen molar-refractivity contribution in [3.05, 3.63) is 0 Å². The summed E-state index contributed by atoms with van der Waals surface area (Å²) in [5.41, 5.74) is 5.00. The number of rotatable bonds is 5. The van der Waals surface area contributed by atoms with Gasteiger partial charge in [0.15, 0.2) is 0 Å². The van der Waals surface area contributed by atoms with Crippen LogP contribution in [0, 0.1) is 5.92 Å². The number of hydrogen-bond acceptors (Lipinski definition) is 5. The van der Waals surface area contributed by atoms with E-state index in [1.165, 1.54) is 0 Å². The van der Waals surface area contributed by atoms with Crippen LogP contribution in [0.3, 0.4) is 0 Å². The molecule has 0 aliphatic rings. The van der Waals surface area contributed by atoms with E-state index in [-0.39, 0.29) is 6.54 Å². The first-order valence-corrected chi connectivity index (χ1v) is 3.57. The van der Waals surface area contributed by atoms with Gasteiger partial charge in [-0.15, -0.1) is 0 Å². The molecule has 0 amide bonds. The molecule has 0 saturated carbocycles. The van der Waals surface area contributed by atoms with E-state index in [0.29, 0.717) is 0 Å². The lowest BCUT2D eigenvalue weighted by Crippen LogP contribution is -2.41. The number of ketones is 2. The van der Waals surface area contributed by atoms with Gasteiger partial charge in [0, 0.05) is 6.54 Å². The molecule has 0 aliphatic carbocycles. The molecule has 0 fully saturated rings. The second-order valence-corrected chi connectivity index (χ2v) is 2.56. The van der Waals surface area contributed by atoms with Gasteiger partial charge in [-0.05, 0) is 6.92 Å². The summed E-state index contributed by atoms with van der Waals surface area (Å²) in [4.78, 5) is 31.9. The first-order chi connectivity index (χ1) is 5.91. The van der Waals surface area contributed by atoms with Crippen LogP contribution in [0.2, 0.25) is 0 Å². The van der Waals surface area contributed by atoms with Crippen molar-refractivity contribution in [2.45, 2.75) is 13.0 Å². The SMILES string of the molecule is CC(=O)C(C(=O)C(=O)O)C(O)CN. The summed E-state index contributed by atoms with van der Waals surface area (Å²) < 4.78 is 0. The van der Waals surface area contributed by atoms with E-state index in [4.69, 9.17) is 15.9 Å². The molecule has 0 spiro atoms. The van der Waals surface area contributed by atoms with Gasteiger partial charge < -0.3 is 15.9 Å². The molecule has 0 bridgehead atoms. The first-order valence-electron chi connectivity index (χ1n) is 3.57. The molecule has 0 aliphatic heterocycles. The van der Waals surface area contributed by atoms with Gasteiger partial charge in [-0.1, -0.05) is 0 Å². The fourth-order valence-electron chi connectivity index (χ4n) is 0.899. The Balaban J connectivity index is 4.71. The molecule has 0 aromatic carbocycles. The summed E-state index contributed by atoms with van der Waals surface area (Å²) in [7, 11) is 0. The van der Waals surface area contributed by atoms with E-state index in [1.54, 1.807) is 0 Å². The Labute approximate surface area is 74.3 Å². The fraction of sp³-hybridized carbons (Fsp3) is 0.571. The Kier molecular flexibility index (Phi) is 4.22. The Morgan fingerprint density at radius 3 is 2.08 bits per heavy atom. The monoisotopic (exact) mass is 189 g/mol. The number of carboxylic acids is 1. The number of nitrogens with two attached hydrogens (primary N) is 1. The molecule has 0 aromatic heterocycles. The summed E-state index contributed by atoms with van der Waals surface area (Å²) in [6.45, 7) is 0.702. The number of carbonyl (C=O) groups is 3. The van der Waals surface area contributed by atoms with E-state index in [9.17, 15) is 14.4 Å². The van der Waals surface area contributed by atoms with E-state index in [0.717, 1.165) is 6.92 Å². The molecule has 4 N–H and O–H groups in total. The van der Waals surface area contributed by atoms with Crippen molar-refractivity contribution in [1.29, 1.82) is 0 Å². The maximum Gasteiger partial charge on any atom is 0.373 e. The van der Waals surface area contributed by atoms with E-state index >= 15 is 0 Å². The molecular formula is C7H11NO5. The minimum Gasteiger partial charge on any atom is -0.475 e. The largest absolute Gasteiger partial charge is 0.475 e. The van der Waals surface area contributed by atoms with Gasteiger partial charge in [-0.25, -0.2) is 4.79 Å². The average molecular weight is 189 g/mol. The predicted octanol–water partition coefficient (Wildman–Crippen LogP) is -1.84. The Bertz CT molecular complexity index is 237. The van der Waals surface area contributed by atoms with Crippen LogP contribution in [0.5, 0.6) is 0 Å². The van der Waals surface area contributed by atoms with Crippen molar-refractivity contribution in [3.8, 4) is 0 Å². The lowest BCUT2D eigenvalue weighted by Gasteiger charge is -2.14. The molecule has 2 unspecified atom stereocenters. The Hall–Kier alpha value is -1.27. The molecule has 74 valence electrons. The average Bonchev–Trinajstić information content (AvgIpc) is 2.03. The van der Waals surface area contributed by atoms with E-state index in [1.807, 2.05) is 0 Å². The van der Waals surface area contributed by atoms with Gasteiger partial charge in [-0.3, -0.25) is 9.59 Å². The lowest BCUT2D eigenvalue weighted by molar-refractivity contribution is -0.155. The van der Waals surface area contributed by atoms with Crippen molar-refractivity contribution in [2.75, 3.05) is 6.54 Å². The normalized spacial score (nSPS) is 14.7. The number of Topliss-reactive ketones (excluding diaryl/α,β-unsaturated/α-hetero) is 2. The van der Waals surface area contributed by atoms with Crippen LogP contribution >= 0.6 is 0 Å². The first kappa shape index (κ1) is 11.7. The van der Waals surface area contributed by atoms with Gasteiger partial charge in [0.2, 0.25) is 0 Å². The van der Waals surface area contributed by atoms with Gasteiger partial charge in [-0.2, -0.15) is 0 Å². The smallest absolute Gasteiger partial charge is 0.373 e. The van der Waals surface area contributed by atoms with Crippen molar-refractivity contribution >= 4 is 17.5 Å². The van der Waals surface area contributed by atoms with E-state index in [2.05, 4.69) is 0 Å². The van der Waals surface area contributed by atoms with Crippen LogP contribution in [-0.2, 0) is 14.4 Å². The number of aliphatic carboxylic acids is 1. The summed E-state index contributed by atoms with van der Waals surface area (Å²) in [5, 5.41) is 17.4. The van der Waals surface area contributed by atoms with Crippen LogP contribution < -0.4 is 5.73 Å². The number of aliphatic hydroxyl groups is 1. The minimum atomic E-state index is -1.74. The highest BCUT2D eigenvalue weighted by atomic mass is 16.4. The maximum atomic E-state index is 10.8. The second kappa shape index (κ2) is 4.68. The summed E-state index contributed by atoms with van der Waals surface area (Å²) in [6.07, 6.45) is -1.43. The predicted molar refractivity (Wildman–Crippen MR) is 41.9 cm³/mol. The Morgan fingerprint density at radius 1 is 1.38 bits per heavy atom. The van der Waals surface area contributed by atoms with Gasteiger partial charge in [0.05, 0.1) is 6.10 Å². The summed E-state index contributed by atoms with van der Waals surface area (Å²) >= 11 is 0. The second-order valence-electron chi connectivity index (χ2n) is 2.56. The molecule has 0 aromatic rings. The highest BCUT2D eigenvalue weighted by molar-refractivity contribution is 6.37. The van der Waals surface area contributed by atoms with E-state index < -0.39 is 29.6 Å². The van der Waals surface area contributed by atoms with Gasteiger partial charge in [0.1, 0.15) is 11.7 Å². The molecule has 0 rings (SSSR count). The van der Waals surface area contributed by atoms with Crippen molar-refractivity contribution in [3.63, 3.8) is 0 Å². The summed E-state index contributed by atoms with van der Waals surface area (Å²) in [5.74, 6) is -5.33. The zero-order chi connectivity index (χ0) is 10.6. The third kappa shape index (κ3) is 2.92. The number of aliphatic hydroxyl groups excluding tert-OH is 1. The zero-order valence-electron chi connectivity index (χ0n) is 7.06. The third-order valence-electron chi connectivity index (χ3n) is 1.56. The van der Waals surface area contributed by atoms with Gasteiger partial charge >= 0.3 is 5.97 Å². The highest BCUT2D eigenvalue weighted by Crippen LogP contribution is 2.06. The quantitative estimate of drug-likeness (QED) is 0.345. The Morgan fingerprint density at radius 2 is 1.85 bits per heavy atom. The van der Waals surface area contributed by atoms with Crippen LogP contribution in [-0.4, -0.2) is 40.4 Å². The standard InChI is InChI=1S/C7H11NO5/c1-3(9)5(4(10)2-8)6(11)7(12)13/h4-5,10H,2,8H2,1H3,(H,12,13). The maximum absolute atomic E-state index is 10.8. The van der Waals surface area contributed by atoms with Crippen molar-refractivity contribution < 1.29 is 24.6 Å². The molecule has 2 atom stereocenters. The topological polar surface area (TPSA) is 118 Å². The fourth-order valence-corrected chi connectivity index (χ4v) is 0.899. The van der Waals surface area contributed by atoms with Crippen LogP contribution in [0.1, 0.15) is 6.92 Å². The van der Waals surface area contributed by atoms with Crippen LogP contribution in [0.25, 0.3) is 0 Å². The number of carboxylic acid groups (broad SMARTS) is 1. The summed E-state index contributed by atoms with van der Waals surface area (Å²) in [6, 6.07) is 0. The molecule has 0 radical (unpaired) electrons. The molecule has 6 heteroatoms. The molecular weight excluding hydrogens is 178 g/mol. The van der Waals surface area contributed by atoms with Crippen LogP contribution in [0.4, 0.5) is 0 Å². The number of hydrogen-bond donors (Lipinski definition) is 3. The molecule has 0 saturated heterocycles. The van der Waals surface area contributed by atoms with Crippen molar-refractivity contribution in [1.82, 2.24) is 0 Å². The zero-order valence-corrected chi connectivity index (χ0v) is 7.06. The van der Waals surface area contributed by atoms with Gasteiger partial charge in [0.25, 0.3) is 5.78 Å². The lowest BCUT2D eigenvalue weighted by atomic mass is 9.93. The van der Waals surface area contributed by atoms with Crippen LogP contribution in [0.15, 0.2) is 0 Å².